The molecule has 0 fully saturated rings. The number of unbranched alkanes of at least 4 members (excludes halogenated alkanes) is 2. The number of hydrogen-bond donors (Lipinski definition) is 0. The Morgan fingerprint density at radius 3 is 2.53 bits per heavy atom. The molecule has 1 rings (SSSR count). The number of carbonyl (C=O) groups excluding carboxylic acids is 1. The number of aryl methyl sites for hydroxylation is 1. The first-order valence-electron chi connectivity index (χ1n) is 7.43. The van der Waals surface area contributed by atoms with Gasteiger partial charge in [0.15, 0.2) is 0 Å². The Bertz CT molecular complexity index is 329. The maximum Gasteiger partial charge on any atom is 0.222 e. The molecule has 4 heteroatoms. The Balaban J connectivity index is 2.11. The van der Waals surface area contributed by atoms with E-state index in [4.69, 9.17) is 0 Å². The van der Waals surface area contributed by atoms with Gasteiger partial charge in [-0.2, -0.15) is 0 Å². The van der Waals surface area contributed by atoms with Gasteiger partial charge in [0.25, 0.3) is 0 Å². The third-order valence-electron chi connectivity index (χ3n) is 3.15. The van der Waals surface area contributed by atoms with Crippen molar-refractivity contribution >= 4 is 5.91 Å². The fourth-order valence-electron chi connectivity index (χ4n) is 2.18. The molecule has 1 aromatic heterocycles. The van der Waals surface area contributed by atoms with Crippen molar-refractivity contribution in [2.45, 2.75) is 58.9 Å². The molecule has 1 radical (unpaired) electrons. The maximum atomic E-state index is 12.0. The SMILES string of the molecule is CCCN(CCC)C(=O)CCCCCn1c[c]nc1. The van der Waals surface area contributed by atoms with Crippen molar-refractivity contribution in [3.05, 3.63) is 18.7 Å². The van der Waals surface area contributed by atoms with Crippen LogP contribution in [-0.2, 0) is 11.3 Å². The molecule has 0 unspecified atom stereocenters. The van der Waals surface area contributed by atoms with Gasteiger partial charge < -0.3 is 9.47 Å². The van der Waals surface area contributed by atoms with E-state index in [1.165, 1.54) is 0 Å². The van der Waals surface area contributed by atoms with Gasteiger partial charge in [0, 0.05) is 32.3 Å². The van der Waals surface area contributed by atoms with Crippen LogP contribution in [0.3, 0.4) is 0 Å². The highest BCUT2D eigenvalue weighted by molar-refractivity contribution is 5.76. The molecule has 0 aromatic carbocycles. The Morgan fingerprint density at radius 1 is 1.21 bits per heavy atom. The third-order valence-corrected chi connectivity index (χ3v) is 3.15. The van der Waals surface area contributed by atoms with E-state index in [1.54, 1.807) is 6.33 Å². The number of hydrogen-bond acceptors (Lipinski definition) is 2. The highest BCUT2D eigenvalue weighted by atomic mass is 16.2. The lowest BCUT2D eigenvalue weighted by Crippen LogP contribution is -2.32. The van der Waals surface area contributed by atoms with Gasteiger partial charge in [0.2, 0.25) is 5.91 Å². The molecule has 4 nitrogen and oxygen atoms in total. The lowest BCUT2D eigenvalue weighted by Gasteiger charge is -2.21. The minimum absolute atomic E-state index is 0.319. The summed E-state index contributed by atoms with van der Waals surface area (Å²) < 4.78 is 2.03. The van der Waals surface area contributed by atoms with E-state index in [0.29, 0.717) is 12.3 Å². The molecular weight excluding hydrogens is 238 g/mol. The summed E-state index contributed by atoms with van der Waals surface area (Å²) in [5.74, 6) is 0.319. The highest BCUT2D eigenvalue weighted by Gasteiger charge is 2.10. The second-order valence-electron chi connectivity index (χ2n) is 4.93. The van der Waals surface area contributed by atoms with Crippen molar-refractivity contribution in [1.29, 1.82) is 0 Å². The van der Waals surface area contributed by atoms with E-state index in [9.17, 15) is 4.79 Å². The van der Waals surface area contributed by atoms with Crippen LogP contribution in [-0.4, -0.2) is 33.4 Å². The summed E-state index contributed by atoms with van der Waals surface area (Å²) in [6.45, 7) is 7.02. The molecule has 0 bridgehead atoms. The Hall–Kier alpha value is -1.32. The first-order valence-corrected chi connectivity index (χ1v) is 7.43. The fourth-order valence-corrected chi connectivity index (χ4v) is 2.18. The lowest BCUT2D eigenvalue weighted by molar-refractivity contribution is -0.131. The van der Waals surface area contributed by atoms with Crippen LogP contribution in [0.2, 0.25) is 0 Å². The first kappa shape index (κ1) is 15.7. The van der Waals surface area contributed by atoms with Gasteiger partial charge in [-0.15, -0.1) is 0 Å². The number of rotatable bonds is 10. The molecule has 0 saturated heterocycles. The summed E-state index contributed by atoms with van der Waals surface area (Å²) in [6, 6.07) is 0. The van der Waals surface area contributed by atoms with Crippen molar-refractivity contribution in [3.8, 4) is 0 Å². The predicted molar refractivity (Wildman–Crippen MR) is 76.7 cm³/mol. The van der Waals surface area contributed by atoms with E-state index in [2.05, 4.69) is 25.0 Å². The molecule has 107 valence electrons. The zero-order valence-corrected chi connectivity index (χ0v) is 12.3. The standard InChI is InChI=1S/C15H26N3O/c1-3-10-18(11-4-2)15(19)8-6-5-7-12-17-13-9-16-14-17/h13-14H,3-8,10-12H2,1-2H3. The topological polar surface area (TPSA) is 38.1 Å². The van der Waals surface area contributed by atoms with Crippen LogP contribution in [0.5, 0.6) is 0 Å². The van der Waals surface area contributed by atoms with Crippen molar-refractivity contribution in [2.75, 3.05) is 13.1 Å². The summed E-state index contributed by atoms with van der Waals surface area (Å²) >= 11 is 0. The monoisotopic (exact) mass is 264 g/mol. The molecule has 19 heavy (non-hydrogen) atoms. The van der Waals surface area contributed by atoms with E-state index in [0.717, 1.165) is 51.7 Å². The fraction of sp³-hybridized carbons (Fsp3) is 0.733. The van der Waals surface area contributed by atoms with Crippen LogP contribution in [0.25, 0.3) is 0 Å². The summed E-state index contributed by atoms with van der Waals surface area (Å²) in [5.41, 5.74) is 0. The summed E-state index contributed by atoms with van der Waals surface area (Å²) in [6.07, 6.45) is 12.4. The molecular formula is C15H26N3O. The Labute approximate surface area is 116 Å². The summed E-state index contributed by atoms with van der Waals surface area (Å²) in [7, 11) is 0. The summed E-state index contributed by atoms with van der Waals surface area (Å²) in [4.78, 5) is 17.9. The highest BCUT2D eigenvalue weighted by Crippen LogP contribution is 2.06. The minimum Gasteiger partial charge on any atom is -0.343 e. The number of imidazole rings is 1. The van der Waals surface area contributed by atoms with Crippen molar-refractivity contribution in [2.24, 2.45) is 0 Å². The Morgan fingerprint density at radius 2 is 1.95 bits per heavy atom. The number of nitrogens with zero attached hydrogens (tertiary/aromatic N) is 3. The van der Waals surface area contributed by atoms with Gasteiger partial charge in [-0.1, -0.05) is 20.3 Å². The van der Waals surface area contributed by atoms with E-state index >= 15 is 0 Å². The van der Waals surface area contributed by atoms with Gasteiger partial charge in [-0.25, -0.2) is 4.98 Å². The van der Waals surface area contributed by atoms with Gasteiger partial charge in [0.1, 0.15) is 6.20 Å². The van der Waals surface area contributed by atoms with Crippen molar-refractivity contribution < 1.29 is 4.79 Å². The van der Waals surface area contributed by atoms with E-state index in [1.807, 2.05) is 15.7 Å². The van der Waals surface area contributed by atoms with Crippen LogP contribution in [0.4, 0.5) is 0 Å². The normalized spacial score (nSPS) is 10.6. The second kappa shape index (κ2) is 9.59. The number of carbonyl (C=O) groups is 1. The predicted octanol–water partition coefficient (Wildman–Crippen LogP) is 2.89. The van der Waals surface area contributed by atoms with Gasteiger partial charge in [-0.05, 0) is 25.7 Å². The average molecular weight is 264 g/mol. The van der Waals surface area contributed by atoms with Crippen LogP contribution in [0.1, 0.15) is 52.4 Å². The average Bonchev–Trinajstić information content (AvgIpc) is 2.91. The molecule has 0 spiro atoms. The molecule has 1 heterocycles. The first-order chi connectivity index (χ1) is 9.27. The smallest absolute Gasteiger partial charge is 0.222 e. The molecule has 0 aliphatic carbocycles. The lowest BCUT2D eigenvalue weighted by atomic mass is 10.1. The van der Waals surface area contributed by atoms with E-state index in [-0.39, 0.29) is 0 Å². The Kier molecular flexibility index (Phi) is 7.94. The molecule has 0 atom stereocenters. The van der Waals surface area contributed by atoms with Crippen LogP contribution < -0.4 is 0 Å². The molecule has 0 aliphatic heterocycles. The van der Waals surface area contributed by atoms with Gasteiger partial charge >= 0.3 is 0 Å². The van der Waals surface area contributed by atoms with Crippen LogP contribution >= 0.6 is 0 Å². The number of aromatic nitrogens is 2. The molecule has 1 aromatic rings. The largest absolute Gasteiger partial charge is 0.343 e. The minimum atomic E-state index is 0.319. The van der Waals surface area contributed by atoms with Gasteiger partial charge in [-0.3, -0.25) is 4.79 Å². The zero-order chi connectivity index (χ0) is 13.9. The maximum absolute atomic E-state index is 12.0. The van der Waals surface area contributed by atoms with Crippen LogP contribution in [0.15, 0.2) is 12.5 Å². The molecule has 0 aliphatic rings. The van der Waals surface area contributed by atoms with Crippen molar-refractivity contribution in [1.82, 2.24) is 14.5 Å². The number of amides is 1. The van der Waals surface area contributed by atoms with E-state index < -0.39 is 0 Å². The quantitative estimate of drug-likeness (QED) is 0.609. The second-order valence-corrected chi connectivity index (χ2v) is 4.93. The molecule has 0 N–H and O–H groups in total. The molecule has 0 saturated carbocycles. The van der Waals surface area contributed by atoms with Crippen molar-refractivity contribution in [3.63, 3.8) is 0 Å². The van der Waals surface area contributed by atoms with Crippen LogP contribution in [0, 0.1) is 6.20 Å². The third kappa shape index (κ3) is 6.41. The molecule has 1 amide bonds. The van der Waals surface area contributed by atoms with Gasteiger partial charge in [0.05, 0.1) is 6.33 Å². The zero-order valence-electron chi connectivity index (χ0n) is 12.3. The summed E-state index contributed by atoms with van der Waals surface area (Å²) in [5, 5.41) is 0.